The molecular weight excluding hydrogens is 398 g/mol. The monoisotopic (exact) mass is 421 g/mol. The van der Waals surface area contributed by atoms with Gasteiger partial charge >= 0.3 is 0 Å². The highest BCUT2D eigenvalue weighted by molar-refractivity contribution is 6.03. The van der Waals surface area contributed by atoms with E-state index < -0.39 is 11.8 Å². The lowest BCUT2D eigenvalue weighted by Gasteiger charge is -2.10. The van der Waals surface area contributed by atoms with Crippen LogP contribution < -0.4 is 25.0 Å². The molecule has 0 heterocycles. The van der Waals surface area contributed by atoms with Crippen molar-refractivity contribution in [3.8, 4) is 17.2 Å². The van der Waals surface area contributed by atoms with E-state index in [0.717, 1.165) is 16.3 Å². The van der Waals surface area contributed by atoms with Gasteiger partial charge in [-0.15, -0.1) is 0 Å². The van der Waals surface area contributed by atoms with Crippen LogP contribution in [0, 0.1) is 0 Å². The molecule has 0 bridgehead atoms. The van der Waals surface area contributed by atoms with E-state index in [2.05, 4.69) is 15.8 Å². The zero-order valence-corrected chi connectivity index (χ0v) is 17.5. The fraction of sp³-hybridized carbons (Fsp3) is 0.174. The molecule has 0 aromatic heterocycles. The Kier molecular flexibility index (Phi) is 7.05. The van der Waals surface area contributed by atoms with Crippen LogP contribution in [0.4, 0.5) is 0 Å². The Hall–Kier alpha value is -4.07. The summed E-state index contributed by atoms with van der Waals surface area (Å²) in [6, 6.07) is 16.3. The Balaban J connectivity index is 1.62. The normalized spacial score (nSPS) is 10.7. The molecule has 0 fully saturated rings. The van der Waals surface area contributed by atoms with Crippen molar-refractivity contribution >= 4 is 28.8 Å². The summed E-state index contributed by atoms with van der Waals surface area (Å²) in [6.07, 6.45) is 1.52. The molecule has 0 saturated carbocycles. The van der Waals surface area contributed by atoms with Crippen LogP contribution in [0.5, 0.6) is 17.2 Å². The van der Waals surface area contributed by atoms with Gasteiger partial charge in [-0.1, -0.05) is 30.3 Å². The van der Waals surface area contributed by atoms with Crippen molar-refractivity contribution < 1.29 is 23.8 Å². The number of fused-ring (bicyclic) bond motifs is 1. The first kappa shape index (κ1) is 21.6. The van der Waals surface area contributed by atoms with E-state index in [1.807, 2.05) is 36.4 Å². The van der Waals surface area contributed by atoms with Crippen molar-refractivity contribution in [3.05, 3.63) is 65.7 Å². The van der Waals surface area contributed by atoms with Gasteiger partial charge in [-0.05, 0) is 35.0 Å². The number of rotatable bonds is 8. The fourth-order valence-electron chi connectivity index (χ4n) is 3.04. The molecule has 0 atom stereocenters. The van der Waals surface area contributed by atoms with Crippen LogP contribution in [-0.4, -0.2) is 45.9 Å². The first-order valence-electron chi connectivity index (χ1n) is 9.45. The van der Waals surface area contributed by atoms with Gasteiger partial charge in [0.15, 0.2) is 11.5 Å². The molecule has 3 aromatic rings. The summed E-state index contributed by atoms with van der Waals surface area (Å²) in [6.45, 7) is -0.239. The van der Waals surface area contributed by atoms with Gasteiger partial charge in [-0.3, -0.25) is 9.59 Å². The lowest BCUT2D eigenvalue weighted by atomic mass is 10.0. The molecule has 0 unspecified atom stereocenters. The van der Waals surface area contributed by atoms with Crippen molar-refractivity contribution in [2.75, 3.05) is 27.9 Å². The fourth-order valence-corrected chi connectivity index (χ4v) is 3.04. The summed E-state index contributed by atoms with van der Waals surface area (Å²) in [5, 5.41) is 8.52. The van der Waals surface area contributed by atoms with Crippen molar-refractivity contribution in [3.63, 3.8) is 0 Å². The third-order valence-electron chi connectivity index (χ3n) is 4.59. The highest BCUT2D eigenvalue weighted by Crippen LogP contribution is 2.27. The van der Waals surface area contributed by atoms with Crippen molar-refractivity contribution in [1.82, 2.24) is 10.7 Å². The Bertz CT molecular complexity index is 1130. The van der Waals surface area contributed by atoms with Gasteiger partial charge in [0.05, 0.1) is 34.1 Å². The van der Waals surface area contributed by atoms with Crippen LogP contribution in [0.25, 0.3) is 10.8 Å². The van der Waals surface area contributed by atoms with Crippen LogP contribution in [-0.2, 0) is 4.79 Å². The summed E-state index contributed by atoms with van der Waals surface area (Å²) in [5.41, 5.74) is 3.50. The number of hydrogen-bond acceptors (Lipinski definition) is 6. The molecule has 8 nitrogen and oxygen atoms in total. The summed E-state index contributed by atoms with van der Waals surface area (Å²) in [4.78, 5) is 24.4. The number of benzene rings is 3. The molecule has 31 heavy (non-hydrogen) atoms. The van der Waals surface area contributed by atoms with Crippen molar-refractivity contribution in [2.45, 2.75) is 0 Å². The minimum absolute atomic E-state index is 0.239. The third-order valence-corrected chi connectivity index (χ3v) is 4.59. The molecule has 2 N–H and O–H groups in total. The van der Waals surface area contributed by atoms with E-state index in [9.17, 15) is 9.59 Å². The second-order valence-corrected chi connectivity index (χ2v) is 6.45. The van der Waals surface area contributed by atoms with Gasteiger partial charge in [0.2, 0.25) is 0 Å². The van der Waals surface area contributed by atoms with E-state index in [1.165, 1.54) is 26.5 Å². The van der Waals surface area contributed by atoms with Crippen LogP contribution >= 0.6 is 0 Å². The highest BCUT2D eigenvalue weighted by Gasteiger charge is 2.12. The molecule has 0 spiro atoms. The van der Waals surface area contributed by atoms with Gasteiger partial charge in [0.25, 0.3) is 11.8 Å². The Labute approximate surface area is 179 Å². The zero-order chi connectivity index (χ0) is 22.2. The number of carbonyl (C=O) groups excluding carboxylic acids is 2. The van der Waals surface area contributed by atoms with Gasteiger partial charge in [-0.25, -0.2) is 5.43 Å². The molecule has 0 saturated heterocycles. The molecular formula is C23H23N3O5. The number of nitrogens with one attached hydrogen (secondary N) is 2. The molecule has 0 radical (unpaired) electrons. The quantitative estimate of drug-likeness (QED) is 0.431. The number of hydrogen-bond donors (Lipinski definition) is 2. The van der Waals surface area contributed by atoms with Crippen molar-refractivity contribution in [1.29, 1.82) is 0 Å². The molecule has 160 valence electrons. The van der Waals surface area contributed by atoms with E-state index in [0.29, 0.717) is 22.8 Å². The van der Waals surface area contributed by atoms with E-state index in [1.54, 1.807) is 19.2 Å². The number of hydrazone groups is 1. The maximum absolute atomic E-state index is 12.3. The van der Waals surface area contributed by atoms with E-state index in [4.69, 9.17) is 14.2 Å². The van der Waals surface area contributed by atoms with Gasteiger partial charge < -0.3 is 19.5 Å². The number of nitrogens with zero attached hydrogens (tertiary/aromatic N) is 1. The standard InChI is InChI=1S/C23H23N3O5/c1-29-19-10-8-15-6-4-5-7-17(15)18(19)13-25-26-22(27)14-24-23(28)16-9-11-20(30-2)21(12-16)31-3/h4-13H,14H2,1-3H3,(H,24,28)(H,26,27)/b25-13+. The molecule has 0 aliphatic carbocycles. The first-order chi connectivity index (χ1) is 15.1. The number of amides is 2. The zero-order valence-electron chi connectivity index (χ0n) is 17.5. The maximum Gasteiger partial charge on any atom is 0.259 e. The van der Waals surface area contributed by atoms with E-state index >= 15 is 0 Å². The second-order valence-electron chi connectivity index (χ2n) is 6.45. The summed E-state index contributed by atoms with van der Waals surface area (Å²) >= 11 is 0. The Morgan fingerprint density at radius 2 is 1.61 bits per heavy atom. The van der Waals surface area contributed by atoms with Crippen LogP contribution in [0.15, 0.2) is 59.7 Å². The smallest absolute Gasteiger partial charge is 0.259 e. The SMILES string of the molecule is COc1ccc(C(=O)NCC(=O)N/N=C/c2c(OC)ccc3ccccc23)cc1OC. The largest absolute Gasteiger partial charge is 0.496 e. The highest BCUT2D eigenvalue weighted by atomic mass is 16.5. The van der Waals surface area contributed by atoms with E-state index in [-0.39, 0.29) is 6.54 Å². The minimum atomic E-state index is -0.468. The van der Waals surface area contributed by atoms with Gasteiger partial charge in [0.1, 0.15) is 5.75 Å². The van der Waals surface area contributed by atoms with Crippen LogP contribution in [0.2, 0.25) is 0 Å². The molecule has 3 aromatic carbocycles. The molecule has 2 amide bonds. The summed E-state index contributed by atoms with van der Waals surface area (Å²) < 4.78 is 15.7. The topological polar surface area (TPSA) is 98.2 Å². The Morgan fingerprint density at radius 3 is 2.35 bits per heavy atom. The van der Waals surface area contributed by atoms with Gasteiger partial charge in [-0.2, -0.15) is 5.10 Å². The number of ether oxygens (including phenoxy) is 3. The number of methoxy groups -OCH3 is 3. The molecule has 0 aliphatic heterocycles. The Morgan fingerprint density at radius 1 is 0.903 bits per heavy atom. The van der Waals surface area contributed by atoms with Crippen LogP contribution in [0.3, 0.4) is 0 Å². The minimum Gasteiger partial charge on any atom is -0.496 e. The van der Waals surface area contributed by atoms with Crippen molar-refractivity contribution in [2.24, 2.45) is 5.10 Å². The molecule has 3 rings (SSSR count). The van der Waals surface area contributed by atoms with Crippen LogP contribution in [0.1, 0.15) is 15.9 Å². The lowest BCUT2D eigenvalue weighted by molar-refractivity contribution is -0.120. The maximum atomic E-state index is 12.3. The second kappa shape index (κ2) is 10.1. The predicted molar refractivity (Wildman–Crippen MR) is 118 cm³/mol. The first-order valence-corrected chi connectivity index (χ1v) is 9.45. The number of carbonyl (C=O) groups is 2. The molecule has 8 heteroatoms. The lowest BCUT2D eigenvalue weighted by Crippen LogP contribution is -2.34. The third kappa shape index (κ3) is 5.11. The summed E-state index contributed by atoms with van der Waals surface area (Å²) in [7, 11) is 4.57. The predicted octanol–water partition coefficient (Wildman–Crippen LogP) is 2.75. The summed E-state index contributed by atoms with van der Waals surface area (Å²) in [5.74, 6) is 0.682. The average Bonchev–Trinajstić information content (AvgIpc) is 2.82. The van der Waals surface area contributed by atoms with Gasteiger partial charge in [0, 0.05) is 11.1 Å². The average molecular weight is 421 g/mol. The molecule has 0 aliphatic rings.